The third-order valence-corrected chi connectivity index (χ3v) is 3.21. The molecular formula is C12H16ClN3. The van der Waals surface area contributed by atoms with Crippen LogP contribution in [-0.2, 0) is 0 Å². The van der Waals surface area contributed by atoms with Crippen molar-refractivity contribution in [2.75, 3.05) is 26.2 Å². The molecule has 1 fully saturated rings. The van der Waals surface area contributed by atoms with E-state index in [2.05, 4.69) is 21.8 Å². The molecule has 1 atom stereocenters. The van der Waals surface area contributed by atoms with Gasteiger partial charge in [0, 0.05) is 38.6 Å². The van der Waals surface area contributed by atoms with Crippen molar-refractivity contribution in [2.45, 2.75) is 6.04 Å². The lowest BCUT2D eigenvalue weighted by Crippen LogP contribution is -2.44. The molecule has 0 bridgehead atoms. The van der Waals surface area contributed by atoms with Crippen LogP contribution in [0.25, 0.3) is 0 Å². The molecule has 16 heavy (non-hydrogen) atoms. The molecule has 1 aromatic heterocycles. The van der Waals surface area contributed by atoms with Gasteiger partial charge in [0.2, 0.25) is 0 Å². The average molecular weight is 238 g/mol. The van der Waals surface area contributed by atoms with Gasteiger partial charge in [-0.3, -0.25) is 9.88 Å². The van der Waals surface area contributed by atoms with E-state index >= 15 is 0 Å². The predicted molar refractivity (Wildman–Crippen MR) is 66.6 cm³/mol. The first-order valence-electron chi connectivity index (χ1n) is 5.49. The lowest BCUT2D eigenvalue weighted by Gasteiger charge is -2.33. The summed E-state index contributed by atoms with van der Waals surface area (Å²) in [6, 6.07) is 2.16. The Hall–Kier alpha value is -0.900. The highest BCUT2D eigenvalue weighted by molar-refractivity contribution is 6.31. The van der Waals surface area contributed by atoms with E-state index in [-0.39, 0.29) is 6.04 Å². The van der Waals surface area contributed by atoms with Gasteiger partial charge in [-0.1, -0.05) is 17.7 Å². The summed E-state index contributed by atoms with van der Waals surface area (Å²) >= 11 is 6.16. The normalized spacial score (nSPS) is 19.3. The fourth-order valence-electron chi connectivity index (χ4n) is 2.06. The minimum absolute atomic E-state index is 0.192. The Labute approximate surface area is 101 Å². The maximum absolute atomic E-state index is 6.16. The van der Waals surface area contributed by atoms with Gasteiger partial charge in [0.1, 0.15) is 0 Å². The van der Waals surface area contributed by atoms with Crippen LogP contribution in [0.3, 0.4) is 0 Å². The van der Waals surface area contributed by atoms with E-state index < -0.39 is 0 Å². The topological polar surface area (TPSA) is 28.2 Å². The minimum atomic E-state index is 0.192. The van der Waals surface area contributed by atoms with Crippen LogP contribution in [0, 0.1) is 0 Å². The second-order valence-electron chi connectivity index (χ2n) is 3.86. The predicted octanol–water partition coefficient (Wildman–Crippen LogP) is 1.87. The van der Waals surface area contributed by atoms with E-state index in [0.717, 1.165) is 31.7 Å². The van der Waals surface area contributed by atoms with Gasteiger partial charge >= 0.3 is 0 Å². The molecule has 1 aliphatic rings. The van der Waals surface area contributed by atoms with E-state index in [1.54, 1.807) is 12.4 Å². The molecule has 0 aromatic carbocycles. The monoisotopic (exact) mass is 237 g/mol. The molecule has 0 aliphatic carbocycles. The molecular weight excluding hydrogens is 222 g/mol. The number of nitrogens with zero attached hydrogens (tertiary/aromatic N) is 2. The molecule has 3 nitrogen and oxygen atoms in total. The molecule has 2 rings (SSSR count). The van der Waals surface area contributed by atoms with Crippen LogP contribution in [0.5, 0.6) is 0 Å². The number of pyridine rings is 1. The van der Waals surface area contributed by atoms with Crippen molar-refractivity contribution in [3.05, 3.63) is 41.7 Å². The molecule has 0 radical (unpaired) electrons. The van der Waals surface area contributed by atoms with Crippen LogP contribution in [0.4, 0.5) is 0 Å². The Morgan fingerprint density at radius 3 is 2.88 bits per heavy atom. The highest BCUT2D eigenvalue weighted by Gasteiger charge is 2.20. The first kappa shape index (κ1) is 11.6. The zero-order valence-corrected chi connectivity index (χ0v) is 9.95. The second kappa shape index (κ2) is 5.43. The lowest BCUT2D eigenvalue weighted by molar-refractivity contribution is 0.203. The Kier molecular flexibility index (Phi) is 3.93. The van der Waals surface area contributed by atoms with Crippen molar-refractivity contribution < 1.29 is 0 Å². The van der Waals surface area contributed by atoms with Crippen LogP contribution in [0.1, 0.15) is 11.6 Å². The van der Waals surface area contributed by atoms with Gasteiger partial charge in [-0.2, -0.15) is 0 Å². The number of aromatic nitrogens is 1. The zero-order chi connectivity index (χ0) is 11.4. The third kappa shape index (κ3) is 2.43. The van der Waals surface area contributed by atoms with Gasteiger partial charge in [0.05, 0.1) is 11.1 Å². The van der Waals surface area contributed by atoms with Gasteiger partial charge < -0.3 is 5.32 Å². The van der Waals surface area contributed by atoms with Crippen molar-refractivity contribution in [3.8, 4) is 0 Å². The third-order valence-electron chi connectivity index (χ3n) is 2.89. The van der Waals surface area contributed by atoms with Crippen LogP contribution >= 0.6 is 11.6 Å². The second-order valence-corrected chi connectivity index (χ2v) is 4.27. The number of nitrogens with one attached hydrogen (secondary N) is 1. The lowest BCUT2D eigenvalue weighted by atomic mass is 10.1. The summed E-state index contributed by atoms with van der Waals surface area (Å²) < 4.78 is 0. The van der Waals surface area contributed by atoms with Crippen molar-refractivity contribution in [2.24, 2.45) is 0 Å². The first-order chi connectivity index (χ1) is 7.83. The minimum Gasteiger partial charge on any atom is -0.314 e. The smallest absolute Gasteiger partial charge is 0.0640 e. The highest BCUT2D eigenvalue weighted by atomic mass is 35.5. The number of hydrogen-bond acceptors (Lipinski definition) is 3. The van der Waals surface area contributed by atoms with Gasteiger partial charge in [0.25, 0.3) is 0 Å². The maximum atomic E-state index is 6.16. The summed E-state index contributed by atoms with van der Waals surface area (Å²) in [5.41, 5.74) is 1.09. The van der Waals surface area contributed by atoms with Crippen molar-refractivity contribution >= 4 is 11.6 Å². The van der Waals surface area contributed by atoms with Crippen LogP contribution in [-0.4, -0.2) is 36.1 Å². The molecule has 1 aromatic rings. The fourth-order valence-corrected chi connectivity index (χ4v) is 2.29. The van der Waals surface area contributed by atoms with Crippen molar-refractivity contribution in [3.63, 3.8) is 0 Å². The molecule has 1 saturated heterocycles. The van der Waals surface area contributed by atoms with Crippen molar-refractivity contribution in [1.29, 1.82) is 0 Å². The Morgan fingerprint density at radius 1 is 1.50 bits per heavy atom. The zero-order valence-electron chi connectivity index (χ0n) is 9.19. The van der Waals surface area contributed by atoms with Gasteiger partial charge in [-0.15, -0.1) is 6.58 Å². The SMILES string of the molecule is C=C[C@H](c1ccncc1Cl)N1CCNCC1. The Balaban J connectivity index is 2.21. The fraction of sp³-hybridized carbons (Fsp3) is 0.417. The largest absolute Gasteiger partial charge is 0.314 e. The number of halogens is 1. The number of rotatable bonds is 3. The maximum Gasteiger partial charge on any atom is 0.0640 e. The summed E-state index contributed by atoms with van der Waals surface area (Å²) in [4.78, 5) is 6.39. The summed E-state index contributed by atoms with van der Waals surface area (Å²) in [5.74, 6) is 0. The van der Waals surface area contributed by atoms with Gasteiger partial charge in [0.15, 0.2) is 0 Å². The molecule has 86 valence electrons. The van der Waals surface area contributed by atoms with E-state index in [1.165, 1.54) is 0 Å². The first-order valence-corrected chi connectivity index (χ1v) is 5.87. The Bertz CT molecular complexity index is 361. The van der Waals surface area contributed by atoms with E-state index in [1.807, 2.05) is 12.1 Å². The molecule has 0 amide bonds. The van der Waals surface area contributed by atoms with Gasteiger partial charge in [-0.05, 0) is 11.6 Å². The van der Waals surface area contributed by atoms with E-state index in [9.17, 15) is 0 Å². The van der Waals surface area contributed by atoms with E-state index in [4.69, 9.17) is 11.6 Å². The molecule has 0 unspecified atom stereocenters. The van der Waals surface area contributed by atoms with Crippen LogP contribution in [0.2, 0.25) is 5.02 Å². The van der Waals surface area contributed by atoms with Crippen molar-refractivity contribution in [1.82, 2.24) is 15.2 Å². The summed E-state index contributed by atoms with van der Waals surface area (Å²) in [5, 5.41) is 4.05. The number of piperazine rings is 1. The molecule has 0 spiro atoms. The van der Waals surface area contributed by atoms with Crippen LogP contribution < -0.4 is 5.32 Å². The van der Waals surface area contributed by atoms with E-state index in [0.29, 0.717) is 5.02 Å². The highest BCUT2D eigenvalue weighted by Crippen LogP contribution is 2.27. The number of hydrogen-bond donors (Lipinski definition) is 1. The standard InChI is InChI=1S/C12H16ClN3/c1-2-12(16-7-5-14-6-8-16)10-3-4-15-9-11(10)13/h2-4,9,12,14H,1,5-8H2/t12-/m1/s1. The molecule has 0 saturated carbocycles. The molecule has 1 aliphatic heterocycles. The quantitative estimate of drug-likeness (QED) is 0.814. The van der Waals surface area contributed by atoms with Gasteiger partial charge in [-0.25, -0.2) is 0 Å². The van der Waals surface area contributed by atoms with Crippen LogP contribution in [0.15, 0.2) is 31.1 Å². The summed E-state index contributed by atoms with van der Waals surface area (Å²) in [7, 11) is 0. The Morgan fingerprint density at radius 2 is 2.25 bits per heavy atom. The summed E-state index contributed by atoms with van der Waals surface area (Å²) in [6.45, 7) is 8.00. The molecule has 1 N–H and O–H groups in total. The summed E-state index contributed by atoms with van der Waals surface area (Å²) in [6.07, 6.45) is 5.42. The molecule has 2 heterocycles. The average Bonchev–Trinajstić information content (AvgIpc) is 2.34. The molecule has 4 heteroatoms.